The number of carbonyl (C=O) groups excluding carboxylic acids is 2. The van der Waals surface area contributed by atoms with Crippen molar-refractivity contribution in [1.82, 2.24) is 14.9 Å². The number of anilines is 2. The van der Waals surface area contributed by atoms with Crippen molar-refractivity contribution in [2.24, 2.45) is 0 Å². The first-order valence-corrected chi connectivity index (χ1v) is 15.2. The van der Waals surface area contributed by atoms with E-state index in [1.54, 1.807) is 54.7 Å². The minimum Gasteiger partial charge on any atom is -0.362 e. The number of nitrogens with one attached hydrogen (secondary N) is 3. The fourth-order valence-corrected chi connectivity index (χ4v) is 5.84. The molecule has 3 N–H and O–H groups in total. The van der Waals surface area contributed by atoms with Gasteiger partial charge in [-0.2, -0.15) is 0 Å². The third-order valence-electron chi connectivity index (χ3n) is 6.97. The molecule has 0 unspecified atom stereocenters. The molecule has 1 aliphatic heterocycles. The third-order valence-corrected chi connectivity index (χ3v) is 8.16. The maximum absolute atomic E-state index is 14.0. The van der Waals surface area contributed by atoms with E-state index in [4.69, 9.17) is 28.2 Å². The summed E-state index contributed by atoms with van der Waals surface area (Å²) >= 11 is 13.6. The van der Waals surface area contributed by atoms with Gasteiger partial charge < -0.3 is 20.5 Å². The first-order chi connectivity index (χ1) is 20.2. The van der Waals surface area contributed by atoms with Crippen molar-refractivity contribution in [3.8, 4) is 0 Å². The molecule has 0 bridgehead atoms. The van der Waals surface area contributed by atoms with Gasteiger partial charge >= 0.3 is 0 Å². The highest BCUT2D eigenvalue weighted by atomic mass is 35.5. The molecule has 10 heteroatoms. The molecule has 214 valence electrons. The van der Waals surface area contributed by atoms with E-state index in [0.717, 1.165) is 16.4 Å². The first kappa shape index (κ1) is 29.5. The maximum Gasteiger partial charge on any atom is 0.254 e. The highest BCUT2D eigenvalue weighted by Gasteiger charge is 2.39. The zero-order valence-corrected chi connectivity index (χ0v) is 25.6. The molecule has 2 amide bonds. The van der Waals surface area contributed by atoms with Crippen LogP contribution >= 0.6 is 35.0 Å². The van der Waals surface area contributed by atoms with E-state index < -0.39 is 5.92 Å². The molecule has 42 heavy (non-hydrogen) atoms. The summed E-state index contributed by atoms with van der Waals surface area (Å²) in [5.74, 6) is -1.40. The summed E-state index contributed by atoms with van der Waals surface area (Å²) in [5.41, 5.74) is 5.09. The van der Waals surface area contributed by atoms with Crippen molar-refractivity contribution in [2.75, 3.05) is 16.9 Å². The number of carbonyl (C=O) groups is 2. The van der Waals surface area contributed by atoms with Gasteiger partial charge in [-0.1, -0.05) is 65.3 Å². The number of imidazole rings is 1. The summed E-state index contributed by atoms with van der Waals surface area (Å²) in [5, 5.41) is 11.2. The van der Waals surface area contributed by atoms with Gasteiger partial charge in [-0.3, -0.25) is 9.59 Å². The largest absolute Gasteiger partial charge is 0.362 e. The smallest absolute Gasteiger partial charge is 0.254 e. The molecule has 0 spiro atoms. The van der Waals surface area contributed by atoms with Gasteiger partial charge in [0.15, 0.2) is 5.16 Å². The number of hydrogen-bond acceptors (Lipinski definition) is 5. The molecule has 0 fully saturated rings. The van der Waals surface area contributed by atoms with Crippen molar-refractivity contribution < 1.29 is 9.59 Å². The average molecular weight is 619 g/mol. The van der Waals surface area contributed by atoms with Crippen LogP contribution in [-0.2, 0) is 16.1 Å². The summed E-state index contributed by atoms with van der Waals surface area (Å²) in [6, 6.07) is 23.8. The number of hydrogen-bond donors (Lipinski definition) is 3. The Morgan fingerprint density at radius 2 is 1.33 bits per heavy atom. The average Bonchev–Trinajstić information content (AvgIpc) is 3.37. The molecule has 0 aliphatic carbocycles. The second-order valence-corrected chi connectivity index (χ2v) is 11.4. The van der Waals surface area contributed by atoms with Crippen LogP contribution in [0.15, 0.2) is 113 Å². The van der Waals surface area contributed by atoms with E-state index in [9.17, 15) is 9.59 Å². The lowest BCUT2D eigenvalue weighted by atomic mass is 9.82. The minimum absolute atomic E-state index is 0.338. The summed E-state index contributed by atoms with van der Waals surface area (Å²) in [6.07, 6.45) is 3.72. The molecule has 0 saturated carbocycles. The number of aromatic nitrogens is 2. The molecule has 1 aromatic heterocycles. The molecule has 2 heterocycles. The Hall–Kier alpha value is -3.98. The van der Waals surface area contributed by atoms with Crippen LogP contribution in [0.2, 0.25) is 10.0 Å². The van der Waals surface area contributed by atoms with E-state index in [2.05, 4.69) is 20.5 Å². The number of halogens is 2. The Morgan fingerprint density at radius 3 is 1.81 bits per heavy atom. The van der Waals surface area contributed by atoms with Crippen LogP contribution in [0, 0.1) is 0 Å². The van der Waals surface area contributed by atoms with E-state index in [-0.39, 0.29) is 11.8 Å². The number of nitrogens with zero attached hydrogens (tertiary/aromatic N) is 2. The van der Waals surface area contributed by atoms with E-state index >= 15 is 0 Å². The van der Waals surface area contributed by atoms with Crippen molar-refractivity contribution in [2.45, 2.75) is 31.5 Å². The summed E-state index contributed by atoms with van der Waals surface area (Å²) < 4.78 is 2.07. The molecular weight excluding hydrogens is 589 g/mol. The van der Waals surface area contributed by atoms with Gasteiger partial charge in [-0.15, -0.1) is 0 Å². The summed E-state index contributed by atoms with van der Waals surface area (Å²) in [4.78, 5) is 32.7. The second-order valence-electron chi connectivity index (χ2n) is 9.80. The summed E-state index contributed by atoms with van der Waals surface area (Å²) in [6.45, 7) is 4.20. The fourth-order valence-electron chi connectivity index (χ4n) is 5.04. The Kier molecular flexibility index (Phi) is 9.06. The number of amides is 2. The molecule has 7 nitrogen and oxygen atoms in total. The number of dihydropyridines is 1. The normalized spacial score (nSPS) is 13.6. The van der Waals surface area contributed by atoms with Crippen LogP contribution in [0.1, 0.15) is 31.0 Å². The van der Waals surface area contributed by atoms with Crippen molar-refractivity contribution in [1.29, 1.82) is 0 Å². The number of benzene rings is 3. The lowest BCUT2D eigenvalue weighted by Gasteiger charge is -2.32. The molecule has 0 radical (unpaired) electrons. The van der Waals surface area contributed by atoms with Crippen LogP contribution in [0.25, 0.3) is 0 Å². The second kappa shape index (κ2) is 12.9. The predicted molar refractivity (Wildman–Crippen MR) is 171 cm³/mol. The van der Waals surface area contributed by atoms with Crippen LogP contribution < -0.4 is 16.0 Å². The quantitative estimate of drug-likeness (QED) is 0.178. The van der Waals surface area contributed by atoms with Gasteiger partial charge in [0.1, 0.15) is 0 Å². The Balaban J connectivity index is 1.62. The van der Waals surface area contributed by atoms with Crippen LogP contribution in [0.5, 0.6) is 0 Å². The van der Waals surface area contributed by atoms with Gasteiger partial charge in [0.25, 0.3) is 11.8 Å². The lowest BCUT2D eigenvalue weighted by molar-refractivity contribution is -0.113. The van der Waals surface area contributed by atoms with Gasteiger partial charge in [0.2, 0.25) is 0 Å². The molecule has 3 aromatic carbocycles. The fraction of sp³-hybridized carbons (Fsp3) is 0.156. The van der Waals surface area contributed by atoms with Gasteiger partial charge in [-0.25, -0.2) is 4.98 Å². The van der Waals surface area contributed by atoms with E-state index in [1.807, 2.05) is 50.4 Å². The maximum atomic E-state index is 14.0. The number of rotatable bonds is 8. The minimum atomic E-state index is -0.719. The lowest BCUT2D eigenvalue weighted by Crippen LogP contribution is -2.36. The summed E-state index contributed by atoms with van der Waals surface area (Å²) in [7, 11) is 0. The van der Waals surface area contributed by atoms with Crippen molar-refractivity contribution in [3.05, 3.63) is 129 Å². The molecule has 5 rings (SSSR count). The zero-order valence-electron chi connectivity index (χ0n) is 23.2. The monoisotopic (exact) mass is 617 g/mol. The van der Waals surface area contributed by atoms with E-state index in [0.29, 0.717) is 50.5 Å². The molecule has 4 aromatic rings. The number of allylic oxidation sites excluding steroid dienone is 2. The zero-order chi connectivity index (χ0) is 29.8. The molecule has 1 aliphatic rings. The van der Waals surface area contributed by atoms with Gasteiger partial charge in [0, 0.05) is 50.5 Å². The van der Waals surface area contributed by atoms with Crippen molar-refractivity contribution >= 4 is 58.2 Å². The SMILES string of the molecule is CSc1ncc(C2C(C(=O)Nc3ccc(Cl)cc3)=C(C)NC(C)=C2C(=O)Nc2ccc(Cl)cc2)n1Cc1ccccc1. The standard InChI is InChI=1S/C32H29Cl2N5O2S/c1-19-27(30(40)37-24-13-9-22(33)10-14-24)29(26-17-35-32(42-3)39(26)18-21-7-5-4-6-8-21)28(20(2)36-19)31(41)38-25-15-11-23(34)12-16-25/h4-17,29,36H,18H2,1-3H3,(H,37,40)(H,38,41). The molecular formula is C32H29Cl2N5O2S. The van der Waals surface area contributed by atoms with Crippen LogP contribution in [0.3, 0.4) is 0 Å². The highest BCUT2D eigenvalue weighted by molar-refractivity contribution is 7.98. The van der Waals surface area contributed by atoms with Gasteiger partial charge in [0.05, 0.1) is 17.8 Å². The van der Waals surface area contributed by atoms with Crippen molar-refractivity contribution in [3.63, 3.8) is 0 Å². The Morgan fingerprint density at radius 1 is 0.833 bits per heavy atom. The van der Waals surface area contributed by atoms with E-state index in [1.165, 1.54) is 11.8 Å². The Bertz CT molecular complexity index is 1600. The number of thioether (sulfide) groups is 1. The van der Waals surface area contributed by atoms with Crippen LogP contribution in [-0.4, -0.2) is 27.6 Å². The predicted octanol–water partition coefficient (Wildman–Crippen LogP) is 7.47. The molecule has 0 atom stereocenters. The first-order valence-electron chi connectivity index (χ1n) is 13.2. The van der Waals surface area contributed by atoms with Crippen LogP contribution in [0.4, 0.5) is 11.4 Å². The van der Waals surface area contributed by atoms with Gasteiger partial charge in [-0.05, 0) is 74.2 Å². The topological polar surface area (TPSA) is 88.1 Å². The third kappa shape index (κ3) is 6.41. The highest BCUT2D eigenvalue weighted by Crippen LogP contribution is 2.40. The Labute approximate surface area is 259 Å². The molecule has 0 saturated heterocycles.